The molecule has 170 valence electrons. The summed E-state index contributed by atoms with van der Waals surface area (Å²) < 4.78 is 27.8. The predicted molar refractivity (Wildman–Crippen MR) is 132 cm³/mol. The Morgan fingerprint density at radius 2 is 1.94 bits per heavy atom. The highest BCUT2D eigenvalue weighted by Crippen LogP contribution is 2.31. The van der Waals surface area contributed by atoms with Gasteiger partial charge in [0.15, 0.2) is 0 Å². The van der Waals surface area contributed by atoms with Gasteiger partial charge in [0.05, 0.1) is 44.8 Å². The molecule has 0 bridgehead atoms. The van der Waals surface area contributed by atoms with Crippen LogP contribution in [0.2, 0.25) is 10.0 Å². The highest BCUT2D eigenvalue weighted by Gasteiger charge is 2.20. The van der Waals surface area contributed by atoms with E-state index in [0.717, 1.165) is 16.1 Å². The fraction of sp³-hybridized carbons (Fsp3) is 0.227. The maximum atomic E-state index is 12.7. The Morgan fingerprint density at radius 3 is 2.59 bits per heavy atom. The smallest absolute Gasteiger partial charge is 0.240 e. The van der Waals surface area contributed by atoms with Crippen LogP contribution in [-0.4, -0.2) is 31.2 Å². The summed E-state index contributed by atoms with van der Waals surface area (Å²) in [5.74, 6) is 0. The predicted octanol–water partition coefficient (Wildman–Crippen LogP) is 5.33. The van der Waals surface area contributed by atoms with Crippen molar-refractivity contribution in [1.29, 1.82) is 0 Å². The Morgan fingerprint density at radius 1 is 1.19 bits per heavy atom. The van der Waals surface area contributed by atoms with E-state index in [-0.39, 0.29) is 16.5 Å². The van der Waals surface area contributed by atoms with E-state index < -0.39 is 16.1 Å². The number of aromatic nitrogens is 1. The number of thiazole rings is 1. The van der Waals surface area contributed by atoms with Gasteiger partial charge < -0.3 is 10.4 Å². The lowest BCUT2D eigenvalue weighted by Gasteiger charge is -2.16. The fourth-order valence-corrected chi connectivity index (χ4v) is 5.55. The summed E-state index contributed by atoms with van der Waals surface area (Å²) in [5.41, 5.74) is 4.22. The van der Waals surface area contributed by atoms with Gasteiger partial charge in [-0.25, -0.2) is 18.1 Å². The van der Waals surface area contributed by atoms with E-state index in [2.05, 4.69) is 21.6 Å². The molecule has 0 spiro atoms. The standard InChI is InChI=1S/C22H23Cl2N3O3S2/c1-2-3-4-17(13-28)27-32(29,30)18-9-10-20(19(24)11-18)25-12-21-22(31-14-26-21)15-5-7-16(23)8-6-15/h2,5-11,14,17,25,27-28H,1,3-4,12-13H2. The SMILES string of the molecule is C=CCCC(CO)NS(=O)(=O)c1ccc(NCc2ncsc2-c2ccc(Cl)cc2)c(Cl)c1. The largest absolute Gasteiger partial charge is 0.395 e. The molecule has 0 radical (unpaired) electrons. The van der Waals surface area contributed by atoms with Gasteiger partial charge in [0.25, 0.3) is 0 Å². The lowest BCUT2D eigenvalue weighted by Crippen LogP contribution is -2.37. The minimum absolute atomic E-state index is 0.0283. The molecule has 0 aliphatic heterocycles. The van der Waals surface area contributed by atoms with Crippen LogP contribution in [0.3, 0.4) is 0 Å². The normalized spacial score (nSPS) is 12.5. The first-order chi connectivity index (χ1) is 15.3. The zero-order valence-corrected chi connectivity index (χ0v) is 20.2. The first kappa shape index (κ1) is 24.7. The molecule has 10 heteroatoms. The molecule has 2 aromatic carbocycles. The van der Waals surface area contributed by atoms with Crippen molar-refractivity contribution in [2.45, 2.75) is 30.3 Å². The highest BCUT2D eigenvalue weighted by molar-refractivity contribution is 7.89. The number of rotatable bonds is 11. The minimum atomic E-state index is -3.82. The van der Waals surface area contributed by atoms with Crippen LogP contribution in [0.15, 0.2) is 65.5 Å². The molecule has 0 saturated carbocycles. The maximum absolute atomic E-state index is 12.7. The first-order valence-corrected chi connectivity index (χ1v) is 12.9. The Bertz CT molecular complexity index is 1170. The van der Waals surface area contributed by atoms with Gasteiger partial charge in [0.1, 0.15) is 0 Å². The van der Waals surface area contributed by atoms with E-state index in [1.54, 1.807) is 17.7 Å². The van der Waals surface area contributed by atoms with E-state index in [1.807, 2.05) is 24.3 Å². The monoisotopic (exact) mass is 511 g/mol. The Kier molecular flexibility index (Phi) is 8.70. The van der Waals surface area contributed by atoms with E-state index in [1.165, 1.54) is 23.5 Å². The van der Waals surface area contributed by atoms with Gasteiger partial charge in [-0.2, -0.15) is 0 Å². The zero-order chi connectivity index (χ0) is 23.1. The number of halogens is 2. The molecule has 3 aromatic rings. The molecule has 1 atom stereocenters. The summed E-state index contributed by atoms with van der Waals surface area (Å²) in [6, 6.07) is 11.4. The number of anilines is 1. The van der Waals surface area contributed by atoms with Gasteiger partial charge in [-0.05, 0) is 48.7 Å². The van der Waals surface area contributed by atoms with E-state index >= 15 is 0 Å². The third-order valence-electron chi connectivity index (χ3n) is 4.71. The minimum Gasteiger partial charge on any atom is -0.395 e. The third kappa shape index (κ3) is 6.31. The Hall–Kier alpha value is -1.94. The number of hydrogen-bond donors (Lipinski definition) is 3. The van der Waals surface area contributed by atoms with Crippen LogP contribution in [0.25, 0.3) is 10.4 Å². The van der Waals surface area contributed by atoms with E-state index in [0.29, 0.717) is 30.1 Å². The van der Waals surface area contributed by atoms with Crippen LogP contribution in [-0.2, 0) is 16.6 Å². The van der Waals surface area contributed by atoms with Crippen LogP contribution in [0.4, 0.5) is 5.69 Å². The van der Waals surface area contributed by atoms with Gasteiger partial charge >= 0.3 is 0 Å². The number of sulfonamides is 1. The average molecular weight is 512 g/mol. The van der Waals surface area contributed by atoms with E-state index in [9.17, 15) is 13.5 Å². The lowest BCUT2D eigenvalue weighted by atomic mass is 10.1. The van der Waals surface area contributed by atoms with Crippen molar-refractivity contribution in [2.24, 2.45) is 0 Å². The number of nitrogens with one attached hydrogen (secondary N) is 2. The van der Waals surface area contributed by atoms with Crippen LogP contribution >= 0.6 is 34.5 Å². The van der Waals surface area contributed by atoms with Crippen molar-refractivity contribution in [2.75, 3.05) is 11.9 Å². The molecule has 32 heavy (non-hydrogen) atoms. The summed E-state index contributed by atoms with van der Waals surface area (Å²) >= 11 is 13.9. The molecule has 0 aliphatic carbocycles. The second-order valence-corrected chi connectivity index (χ2v) is 10.4. The number of hydrogen-bond acceptors (Lipinski definition) is 6. The molecular weight excluding hydrogens is 489 g/mol. The molecule has 0 amide bonds. The Labute approximate surface area is 202 Å². The number of benzene rings is 2. The number of allylic oxidation sites excluding steroid dienone is 1. The molecular formula is C22H23Cl2N3O3S2. The van der Waals surface area contributed by atoms with Crippen LogP contribution in [0, 0.1) is 0 Å². The second kappa shape index (κ2) is 11.3. The maximum Gasteiger partial charge on any atom is 0.240 e. The molecule has 3 rings (SSSR count). The lowest BCUT2D eigenvalue weighted by molar-refractivity contribution is 0.251. The summed E-state index contributed by atoms with van der Waals surface area (Å²) in [5, 5.41) is 13.6. The third-order valence-corrected chi connectivity index (χ3v) is 7.71. The fourth-order valence-electron chi connectivity index (χ4n) is 3.01. The average Bonchev–Trinajstić information content (AvgIpc) is 3.24. The molecule has 3 N–H and O–H groups in total. The first-order valence-electron chi connectivity index (χ1n) is 9.80. The van der Waals surface area contributed by atoms with Gasteiger partial charge in [-0.15, -0.1) is 17.9 Å². The molecule has 1 aromatic heterocycles. The quantitative estimate of drug-likeness (QED) is 0.302. The van der Waals surface area contributed by atoms with Crippen molar-refractivity contribution in [3.05, 3.63) is 76.4 Å². The topological polar surface area (TPSA) is 91.3 Å². The van der Waals surface area contributed by atoms with Crippen molar-refractivity contribution in [1.82, 2.24) is 9.71 Å². The summed E-state index contributed by atoms with van der Waals surface area (Å²) in [6.45, 7) is 3.73. The summed E-state index contributed by atoms with van der Waals surface area (Å²) in [7, 11) is -3.82. The molecule has 0 saturated heterocycles. The molecule has 0 fully saturated rings. The van der Waals surface area contributed by atoms with Gasteiger partial charge in [-0.3, -0.25) is 0 Å². The molecule has 1 unspecified atom stereocenters. The van der Waals surface area contributed by atoms with Gasteiger partial charge in [-0.1, -0.05) is 41.4 Å². The zero-order valence-electron chi connectivity index (χ0n) is 17.1. The van der Waals surface area contributed by atoms with Gasteiger partial charge in [0, 0.05) is 11.1 Å². The van der Waals surface area contributed by atoms with Crippen LogP contribution in [0.5, 0.6) is 0 Å². The number of aliphatic hydroxyl groups is 1. The molecule has 0 aliphatic rings. The highest BCUT2D eigenvalue weighted by atomic mass is 35.5. The molecule has 1 heterocycles. The molecule has 6 nitrogen and oxygen atoms in total. The van der Waals surface area contributed by atoms with Gasteiger partial charge in [0.2, 0.25) is 10.0 Å². The van der Waals surface area contributed by atoms with Crippen LogP contribution < -0.4 is 10.0 Å². The van der Waals surface area contributed by atoms with Crippen molar-refractivity contribution in [3.63, 3.8) is 0 Å². The van der Waals surface area contributed by atoms with Crippen molar-refractivity contribution < 1.29 is 13.5 Å². The number of nitrogens with zero attached hydrogens (tertiary/aromatic N) is 1. The summed E-state index contributed by atoms with van der Waals surface area (Å²) in [6.07, 6.45) is 2.72. The second-order valence-electron chi connectivity index (χ2n) is 7.00. The van der Waals surface area contributed by atoms with Crippen LogP contribution in [0.1, 0.15) is 18.5 Å². The van der Waals surface area contributed by atoms with Crippen molar-refractivity contribution >= 4 is 50.2 Å². The van der Waals surface area contributed by atoms with E-state index in [4.69, 9.17) is 23.2 Å². The summed E-state index contributed by atoms with van der Waals surface area (Å²) in [4.78, 5) is 5.47. The van der Waals surface area contributed by atoms with Crippen molar-refractivity contribution in [3.8, 4) is 10.4 Å². The number of aliphatic hydroxyl groups excluding tert-OH is 1. The Balaban J connectivity index is 1.71.